The van der Waals surface area contributed by atoms with Gasteiger partial charge in [-0.25, -0.2) is 8.78 Å². The van der Waals surface area contributed by atoms with Crippen LogP contribution in [0.3, 0.4) is 0 Å². The first kappa shape index (κ1) is 21.9. The van der Waals surface area contributed by atoms with Crippen LogP contribution in [-0.2, 0) is 0 Å². The van der Waals surface area contributed by atoms with Crippen molar-refractivity contribution in [1.82, 2.24) is 0 Å². The van der Waals surface area contributed by atoms with Gasteiger partial charge in [0.15, 0.2) is 17.5 Å². The molecule has 4 heteroatoms. The van der Waals surface area contributed by atoms with E-state index in [1.807, 2.05) is 0 Å². The number of halogens is 3. The molecule has 1 nitrogen and oxygen atoms in total. The SMILES string of the molecule is N#C/C(F)=C/C1CCC(CCCCC2CCC(c3ccc(F)c(F)c3)CC2)CC1. The van der Waals surface area contributed by atoms with Gasteiger partial charge in [0.2, 0.25) is 0 Å². The topological polar surface area (TPSA) is 23.8 Å². The van der Waals surface area contributed by atoms with Gasteiger partial charge in [-0.3, -0.25) is 0 Å². The van der Waals surface area contributed by atoms with Gasteiger partial charge in [0.25, 0.3) is 0 Å². The van der Waals surface area contributed by atoms with Crippen LogP contribution < -0.4 is 0 Å². The quantitative estimate of drug-likeness (QED) is 0.334. The molecule has 0 aromatic heterocycles. The Labute approximate surface area is 173 Å². The zero-order chi connectivity index (χ0) is 20.6. The highest BCUT2D eigenvalue weighted by Gasteiger charge is 2.24. The minimum Gasteiger partial charge on any atom is -0.204 e. The third-order valence-corrected chi connectivity index (χ3v) is 7.12. The number of unbranched alkanes of at least 4 members (excludes halogenated alkanes) is 1. The fraction of sp³-hybridized carbons (Fsp3) is 0.640. The molecule has 0 aliphatic heterocycles. The first-order chi connectivity index (χ1) is 14.0. The number of nitriles is 1. The number of allylic oxidation sites excluding steroid dienone is 2. The first-order valence-corrected chi connectivity index (χ1v) is 11.3. The zero-order valence-electron chi connectivity index (χ0n) is 17.2. The van der Waals surface area contributed by atoms with Gasteiger partial charge < -0.3 is 0 Å². The lowest BCUT2D eigenvalue weighted by Gasteiger charge is -2.29. The van der Waals surface area contributed by atoms with E-state index in [0.717, 1.165) is 55.9 Å². The van der Waals surface area contributed by atoms with E-state index in [2.05, 4.69) is 0 Å². The molecule has 158 valence electrons. The number of hydrogen-bond donors (Lipinski definition) is 0. The Morgan fingerprint density at radius 3 is 2.03 bits per heavy atom. The lowest BCUT2D eigenvalue weighted by molar-refractivity contribution is 0.272. The van der Waals surface area contributed by atoms with Crippen molar-refractivity contribution in [3.8, 4) is 6.07 Å². The molecule has 2 fully saturated rings. The molecule has 0 spiro atoms. The number of nitrogens with zero attached hydrogens (tertiary/aromatic N) is 1. The van der Waals surface area contributed by atoms with Crippen LogP contribution in [0.25, 0.3) is 0 Å². The number of benzene rings is 1. The van der Waals surface area contributed by atoms with Crippen molar-refractivity contribution in [3.05, 3.63) is 47.3 Å². The Bertz CT molecular complexity index is 720. The summed E-state index contributed by atoms with van der Waals surface area (Å²) in [6, 6.07) is 5.94. The summed E-state index contributed by atoms with van der Waals surface area (Å²) in [7, 11) is 0. The Kier molecular flexibility index (Phi) is 8.21. The van der Waals surface area contributed by atoms with Crippen LogP contribution in [0.5, 0.6) is 0 Å². The highest BCUT2D eigenvalue weighted by Crippen LogP contribution is 2.39. The van der Waals surface area contributed by atoms with E-state index in [4.69, 9.17) is 5.26 Å². The van der Waals surface area contributed by atoms with Crippen LogP contribution >= 0.6 is 0 Å². The highest BCUT2D eigenvalue weighted by atomic mass is 19.2. The average Bonchev–Trinajstić information content (AvgIpc) is 2.74. The molecular formula is C25H32F3N. The van der Waals surface area contributed by atoms with Crippen LogP contribution in [-0.4, -0.2) is 0 Å². The van der Waals surface area contributed by atoms with E-state index in [0.29, 0.717) is 5.92 Å². The molecular weight excluding hydrogens is 371 g/mol. The van der Waals surface area contributed by atoms with E-state index in [-0.39, 0.29) is 5.92 Å². The smallest absolute Gasteiger partial charge is 0.196 e. The molecule has 0 saturated heterocycles. The fourth-order valence-corrected chi connectivity index (χ4v) is 5.30. The molecule has 0 atom stereocenters. The second kappa shape index (κ2) is 10.9. The van der Waals surface area contributed by atoms with E-state index >= 15 is 0 Å². The summed E-state index contributed by atoms with van der Waals surface area (Å²) in [5, 5.41) is 8.54. The molecule has 0 amide bonds. The molecule has 2 aliphatic carbocycles. The molecule has 29 heavy (non-hydrogen) atoms. The zero-order valence-corrected chi connectivity index (χ0v) is 17.2. The molecule has 0 N–H and O–H groups in total. The predicted octanol–water partition coefficient (Wildman–Crippen LogP) is 7.98. The molecule has 0 unspecified atom stereocenters. The van der Waals surface area contributed by atoms with Gasteiger partial charge in [0.1, 0.15) is 6.07 Å². The maximum atomic E-state index is 13.5. The van der Waals surface area contributed by atoms with E-state index in [1.165, 1.54) is 56.7 Å². The third-order valence-electron chi connectivity index (χ3n) is 7.12. The van der Waals surface area contributed by atoms with Crippen molar-refractivity contribution in [2.75, 3.05) is 0 Å². The van der Waals surface area contributed by atoms with Gasteiger partial charge >= 0.3 is 0 Å². The van der Waals surface area contributed by atoms with Crippen molar-refractivity contribution in [2.24, 2.45) is 17.8 Å². The van der Waals surface area contributed by atoms with Gasteiger partial charge in [-0.2, -0.15) is 9.65 Å². The van der Waals surface area contributed by atoms with Gasteiger partial charge in [0, 0.05) is 0 Å². The summed E-state index contributed by atoms with van der Waals surface area (Å²) in [5.74, 6) is 0.0201. The molecule has 1 aromatic rings. The summed E-state index contributed by atoms with van der Waals surface area (Å²) in [5.41, 5.74) is 0.947. The Balaban J connectivity index is 1.29. The van der Waals surface area contributed by atoms with Crippen molar-refractivity contribution >= 4 is 0 Å². The second-order valence-electron chi connectivity index (χ2n) is 9.08. The number of hydrogen-bond acceptors (Lipinski definition) is 1. The van der Waals surface area contributed by atoms with Crippen LogP contribution in [0, 0.1) is 40.7 Å². The van der Waals surface area contributed by atoms with E-state index in [9.17, 15) is 13.2 Å². The van der Waals surface area contributed by atoms with E-state index < -0.39 is 17.5 Å². The molecule has 0 heterocycles. The van der Waals surface area contributed by atoms with Gasteiger partial charge in [-0.05, 0) is 98.8 Å². The molecule has 1 aromatic carbocycles. The normalized spacial score (nSPS) is 28.1. The summed E-state index contributed by atoms with van der Waals surface area (Å²) in [4.78, 5) is 0. The van der Waals surface area contributed by atoms with Crippen LogP contribution in [0.4, 0.5) is 13.2 Å². The first-order valence-electron chi connectivity index (χ1n) is 11.3. The fourth-order valence-electron chi connectivity index (χ4n) is 5.30. The van der Waals surface area contributed by atoms with Crippen LogP contribution in [0.15, 0.2) is 30.1 Å². The van der Waals surface area contributed by atoms with Crippen molar-refractivity contribution in [2.45, 2.75) is 83.0 Å². The number of rotatable bonds is 7. The summed E-state index contributed by atoms with van der Waals surface area (Å²) >= 11 is 0. The minimum absolute atomic E-state index is 0.246. The van der Waals surface area contributed by atoms with Crippen molar-refractivity contribution < 1.29 is 13.2 Å². The van der Waals surface area contributed by atoms with Crippen molar-refractivity contribution in [1.29, 1.82) is 5.26 Å². The molecule has 0 bridgehead atoms. The molecule has 0 radical (unpaired) electrons. The second-order valence-corrected chi connectivity index (χ2v) is 9.08. The monoisotopic (exact) mass is 403 g/mol. The van der Waals surface area contributed by atoms with Crippen LogP contribution in [0.1, 0.15) is 88.5 Å². The van der Waals surface area contributed by atoms with Gasteiger partial charge in [-0.1, -0.05) is 31.7 Å². The predicted molar refractivity (Wildman–Crippen MR) is 110 cm³/mol. The minimum atomic E-state index is -0.762. The maximum Gasteiger partial charge on any atom is 0.196 e. The standard InChI is InChI=1S/C25H32F3N/c26-23(17-29)15-20-7-5-18(6-8-20)3-1-2-4-19-9-11-21(12-10-19)22-13-14-24(27)25(28)16-22/h13-16,18-21H,1-12H2/b23-15-. The highest BCUT2D eigenvalue weighted by molar-refractivity contribution is 5.22. The molecule has 2 saturated carbocycles. The lowest BCUT2D eigenvalue weighted by atomic mass is 9.76. The summed E-state index contributed by atoms with van der Waals surface area (Å²) in [6.07, 6.45) is 15.4. The maximum absolute atomic E-state index is 13.5. The van der Waals surface area contributed by atoms with Gasteiger partial charge in [-0.15, -0.1) is 0 Å². The lowest BCUT2D eigenvalue weighted by Crippen LogP contribution is -2.15. The van der Waals surface area contributed by atoms with E-state index in [1.54, 1.807) is 12.1 Å². The van der Waals surface area contributed by atoms with Crippen molar-refractivity contribution in [3.63, 3.8) is 0 Å². The molecule has 2 aliphatic rings. The molecule has 3 rings (SSSR count). The average molecular weight is 404 g/mol. The summed E-state index contributed by atoms with van der Waals surface area (Å²) < 4.78 is 39.6. The Hall–Kier alpha value is -1.76. The third kappa shape index (κ3) is 6.63. The van der Waals surface area contributed by atoms with Gasteiger partial charge in [0.05, 0.1) is 0 Å². The largest absolute Gasteiger partial charge is 0.204 e. The summed E-state index contributed by atoms with van der Waals surface area (Å²) in [6.45, 7) is 0. The Morgan fingerprint density at radius 1 is 0.897 bits per heavy atom. The Morgan fingerprint density at radius 2 is 1.48 bits per heavy atom. The van der Waals surface area contributed by atoms with Crippen LogP contribution in [0.2, 0.25) is 0 Å².